The van der Waals surface area contributed by atoms with Crippen LogP contribution in [-0.2, 0) is 0 Å². The van der Waals surface area contributed by atoms with Crippen molar-refractivity contribution < 1.29 is 0 Å². The zero-order chi connectivity index (χ0) is 7.84. The highest BCUT2D eigenvalue weighted by Crippen LogP contribution is 2.26. The highest BCUT2D eigenvalue weighted by atomic mass is 127. The maximum absolute atomic E-state index is 4.07. The smallest absolute Gasteiger partial charge is 0.189 e. The third kappa shape index (κ3) is 1.26. The molecule has 0 spiro atoms. The van der Waals surface area contributed by atoms with E-state index in [0.29, 0.717) is 0 Å². The van der Waals surface area contributed by atoms with Crippen LogP contribution in [0.25, 0.3) is 0 Å². The van der Waals surface area contributed by atoms with E-state index in [4.69, 9.17) is 0 Å². The Morgan fingerprint density at radius 3 is 3.18 bits per heavy atom. The van der Waals surface area contributed by atoms with Gasteiger partial charge in [-0.25, -0.2) is 0 Å². The molecular weight excluding hydrogens is 319 g/mol. The van der Waals surface area contributed by atoms with Gasteiger partial charge < -0.3 is 0 Å². The predicted molar refractivity (Wildman–Crippen MR) is 56.2 cm³/mol. The molecule has 11 heavy (non-hydrogen) atoms. The molecule has 0 aromatic carbocycles. The summed E-state index contributed by atoms with van der Waals surface area (Å²) in [7, 11) is 0. The van der Waals surface area contributed by atoms with Crippen LogP contribution in [-0.4, -0.2) is 10.7 Å². The molecule has 0 N–H and O–H groups in total. The zero-order valence-electron chi connectivity index (χ0n) is 5.38. The second-order valence-electron chi connectivity index (χ2n) is 2.09. The van der Waals surface area contributed by atoms with Crippen molar-refractivity contribution in [1.29, 1.82) is 0 Å². The number of allylic oxidation sites excluding steroid dienone is 2. The molecule has 0 atom stereocenters. The van der Waals surface area contributed by atoms with Crippen molar-refractivity contribution in [3.8, 4) is 0 Å². The molecule has 0 amide bonds. The minimum Gasteiger partial charge on any atom is -0.189 e. The molecule has 0 unspecified atom stereocenters. The fourth-order valence-electron chi connectivity index (χ4n) is 0.873. The molecule has 2 heterocycles. The van der Waals surface area contributed by atoms with Gasteiger partial charge in [-0.3, -0.25) is 0 Å². The van der Waals surface area contributed by atoms with Gasteiger partial charge in [-0.1, -0.05) is 0 Å². The van der Waals surface area contributed by atoms with Crippen LogP contribution in [0.15, 0.2) is 31.5 Å². The van der Waals surface area contributed by atoms with Crippen LogP contribution in [0.4, 0.5) is 0 Å². The summed E-state index contributed by atoms with van der Waals surface area (Å²) >= 11 is 5.58. The Hall–Kier alpha value is -0.190. The van der Waals surface area contributed by atoms with E-state index in [1.807, 2.05) is 23.3 Å². The minimum atomic E-state index is 0.928. The minimum absolute atomic E-state index is 0.928. The molecule has 4 heteroatoms. The molecule has 0 saturated carbocycles. The monoisotopic (exact) mass is 321 g/mol. The summed E-state index contributed by atoms with van der Waals surface area (Å²) in [6.07, 6.45) is 8.77. The quantitative estimate of drug-likeness (QED) is 0.380. The van der Waals surface area contributed by atoms with E-state index < -0.39 is 0 Å². The summed E-state index contributed by atoms with van der Waals surface area (Å²) in [6.45, 7) is 0. The van der Waals surface area contributed by atoms with Crippen LogP contribution in [0, 0.1) is 6.20 Å². The van der Waals surface area contributed by atoms with Gasteiger partial charge in [-0.15, -0.1) is 0 Å². The molecule has 0 saturated heterocycles. The van der Waals surface area contributed by atoms with E-state index in [1.54, 1.807) is 0 Å². The number of aliphatic imine (C=N–C) groups is 1. The maximum atomic E-state index is 4.07. The molecule has 2 aliphatic heterocycles. The van der Waals surface area contributed by atoms with Crippen molar-refractivity contribution in [3.63, 3.8) is 0 Å². The standard InChI is InChI=1S/C7H3BrIN2/c8-5-1-2-7-10-3-6(9)11(7)4-5/h1-2,4H/q+1. The molecular formula is C7H3BrIN2+. The van der Waals surface area contributed by atoms with E-state index in [-0.39, 0.29) is 0 Å². The van der Waals surface area contributed by atoms with Gasteiger partial charge in [0.05, 0.1) is 12.3 Å². The Kier molecular flexibility index (Phi) is 1.83. The van der Waals surface area contributed by atoms with Crippen LogP contribution in [0.5, 0.6) is 0 Å². The highest BCUT2D eigenvalue weighted by molar-refractivity contribution is 14.1. The molecule has 2 rings (SSSR count). The number of hydrogen-bond acceptors (Lipinski definition) is 2. The molecule has 0 radical (unpaired) electrons. The van der Waals surface area contributed by atoms with Crippen LogP contribution in [0.2, 0.25) is 0 Å². The second-order valence-corrected chi connectivity index (χ2v) is 4.03. The fraction of sp³-hybridized carbons (Fsp3) is 0. The zero-order valence-corrected chi connectivity index (χ0v) is 9.13. The van der Waals surface area contributed by atoms with Crippen molar-refractivity contribution in [2.75, 3.05) is 0 Å². The van der Waals surface area contributed by atoms with E-state index in [0.717, 1.165) is 14.0 Å². The third-order valence-corrected chi connectivity index (χ3v) is 2.60. The van der Waals surface area contributed by atoms with Gasteiger partial charge in [-0.2, -0.15) is 4.90 Å². The van der Waals surface area contributed by atoms with Crippen LogP contribution < -0.4 is 0 Å². The average Bonchev–Trinajstić information content (AvgIpc) is 2.33. The van der Waals surface area contributed by atoms with Crippen LogP contribution in [0.3, 0.4) is 0 Å². The van der Waals surface area contributed by atoms with E-state index in [9.17, 15) is 0 Å². The summed E-state index contributed by atoms with van der Waals surface area (Å²) in [5, 5.41) is 0. The molecule has 2 nitrogen and oxygen atoms in total. The van der Waals surface area contributed by atoms with Crippen molar-refractivity contribution >= 4 is 44.4 Å². The molecule has 54 valence electrons. The molecule has 0 fully saturated rings. The Morgan fingerprint density at radius 1 is 1.55 bits per heavy atom. The summed E-state index contributed by atoms with van der Waals surface area (Å²) in [6, 6.07) is 0. The largest absolute Gasteiger partial charge is 0.290 e. The third-order valence-electron chi connectivity index (χ3n) is 1.37. The van der Waals surface area contributed by atoms with Crippen molar-refractivity contribution in [3.05, 3.63) is 32.7 Å². The number of halogens is 2. The Morgan fingerprint density at radius 2 is 2.36 bits per heavy atom. The van der Waals surface area contributed by atoms with Gasteiger partial charge in [0.2, 0.25) is 0 Å². The fourth-order valence-corrected chi connectivity index (χ4v) is 1.72. The molecule has 0 aromatic rings. The van der Waals surface area contributed by atoms with Crippen molar-refractivity contribution in [2.24, 2.45) is 4.99 Å². The first-order valence-corrected chi connectivity index (χ1v) is 4.85. The first-order chi connectivity index (χ1) is 5.27. The van der Waals surface area contributed by atoms with E-state index >= 15 is 0 Å². The van der Waals surface area contributed by atoms with Crippen LogP contribution in [0.1, 0.15) is 0 Å². The van der Waals surface area contributed by atoms with Gasteiger partial charge in [-0.05, 0) is 22.0 Å². The SMILES string of the molecule is BrC1=CN2C(I)=[C+]N=C2C=C1. The predicted octanol–water partition coefficient (Wildman–Crippen LogP) is 2.54. The Bertz CT molecular complexity index is 314. The topological polar surface area (TPSA) is 15.6 Å². The Balaban J connectivity index is 2.39. The lowest BCUT2D eigenvalue weighted by Gasteiger charge is -2.07. The van der Waals surface area contributed by atoms with Gasteiger partial charge in [0, 0.05) is 32.1 Å². The normalized spacial score (nSPS) is 20.2. The van der Waals surface area contributed by atoms with Crippen LogP contribution >= 0.6 is 38.5 Å². The number of fused-ring (bicyclic) bond motifs is 1. The maximum Gasteiger partial charge on any atom is 0.290 e. The first kappa shape index (κ1) is 7.46. The average molecular weight is 322 g/mol. The van der Waals surface area contributed by atoms with Crippen molar-refractivity contribution in [2.45, 2.75) is 0 Å². The van der Waals surface area contributed by atoms with Gasteiger partial charge in [0.1, 0.15) is 0 Å². The summed E-state index contributed by atoms with van der Waals surface area (Å²) in [4.78, 5) is 6.05. The summed E-state index contributed by atoms with van der Waals surface area (Å²) < 4.78 is 2.05. The van der Waals surface area contributed by atoms with E-state index in [2.05, 4.69) is 49.7 Å². The molecule has 0 bridgehead atoms. The van der Waals surface area contributed by atoms with Gasteiger partial charge in [0.25, 0.3) is 15.7 Å². The molecule has 2 aliphatic rings. The van der Waals surface area contributed by atoms with Gasteiger partial charge in [0.15, 0.2) is 0 Å². The number of rotatable bonds is 0. The van der Waals surface area contributed by atoms with E-state index in [1.165, 1.54) is 0 Å². The summed E-state index contributed by atoms with van der Waals surface area (Å²) in [5.74, 6) is 0.928. The van der Waals surface area contributed by atoms with Gasteiger partial charge >= 0.3 is 0 Å². The first-order valence-electron chi connectivity index (χ1n) is 2.98. The highest BCUT2D eigenvalue weighted by Gasteiger charge is 2.29. The lowest BCUT2D eigenvalue weighted by Crippen LogP contribution is -2.19. The Labute approximate surface area is 86.6 Å². The lowest BCUT2D eigenvalue weighted by molar-refractivity contribution is 0.767. The number of nitrogens with zero attached hydrogens (tertiary/aromatic N) is 2. The molecule has 0 aromatic heterocycles. The number of amidine groups is 1. The van der Waals surface area contributed by atoms with Crippen molar-refractivity contribution in [1.82, 2.24) is 4.90 Å². The summed E-state index contributed by atoms with van der Waals surface area (Å²) in [5.41, 5.74) is 0. The second kappa shape index (κ2) is 2.69. The number of hydrogen-bond donors (Lipinski definition) is 0. The molecule has 0 aliphatic carbocycles. The lowest BCUT2D eigenvalue weighted by atomic mass is 10.3.